The van der Waals surface area contributed by atoms with Gasteiger partial charge in [0.05, 0.1) is 6.61 Å². The van der Waals surface area contributed by atoms with Gasteiger partial charge in [0.25, 0.3) is 0 Å². The van der Waals surface area contributed by atoms with Crippen LogP contribution >= 0.6 is 11.6 Å². The molecule has 1 atom stereocenters. The number of esters is 1. The second kappa shape index (κ2) is 8.09. The van der Waals surface area contributed by atoms with Crippen LogP contribution < -0.4 is 0 Å². The van der Waals surface area contributed by atoms with Crippen LogP contribution in [0, 0.1) is 5.82 Å². The lowest BCUT2D eigenvalue weighted by Gasteiger charge is -2.34. The summed E-state index contributed by atoms with van der Waals surface area (Å²) in [4.78, 5) is 28.6. The lowest BCUT2D eigenvalue weighted by Crippen LogP contribution is -2.52. The zero-order chi connectivity index (χ0) is 19.4. The van der Waals surface area contributed by atoms with Crippen molar-refractivity contribution in [1.29, 1.82) is 0 Å². The number of benzene rings is 2. The van der Waals surface area contributed by atoms with Gasteiger partial charge in [-0.25, -0.2) is 4.39 Å². The summed E-state index contributed by atoms with van der Waals surface area (Å²) in [5.74, 6) is -1.50. The van der Waals surface area contributed by atoms with Crippen LogP contribution in [0.2, 0.25) is 5.02 Å². The molecule has 0 spiro atoms. The molecule has 2 aromatic rings. The summed E-state index contributed by atoms with van der Waals surface area (Å²) in [7, 11) is 0. The average molecular weight is 390 g/mol. The van der Waals surface area contributed by atoms with Crippen LogP contribution in [0.25, 0.3) is 0 Å². The quantitative estimate of drug-likeness (QED) is 0.574. The monoisotopic (exact) mass is 389 g/mol. The van der Waals surface area contributed by atoms with Crippen LogP contribution in [0.15, 0.2) is 48.5 Å². The van der Waals surface area contributed by atoms with Gasteiger partial charge in [-0.05, 0) is 55.2 Å². The third kappa shape index (κ3) is 3.56. The van der Waals surface area contributed by atoms with Crippen molar-refractivity contribution in [1.82, 2.24) is 4.90 Å². The molecule has 1 fully saturated rings. The van der Waals surface area contributed by atoms with Gasteiger partial charge in [-0.3, -0.25) is 9.59 Å². The highest BCUT2D eigenvalue weighted by Gasteiger charge is 2.53. The van der Waals surface area contributed by atoms with E-state index in [0.29, 0.717) is 29.2 Å². The highest BCUT2D eigenvalue weighted by molar-refractivity contribution is 6.30. The van der Waals surface area contributed by atoms with E-state index in [1.165, 1.54) is 24.3 Å². The second-order valence-electron chi connectivity index (χ2n) is 6.49. The van der Waals surface area contributed by atoms with Crippen molar-refractivity contribution in [2.75, 3.05) is 19.7 Å². The zero-order valence-electron chi connectivity index (χ0n) is 15.1. The van der Waals surface area contributed by atoms with Crippen molar-refractivity contribution < 1.29 is 18.7 Å². The molecule has 2 aromatic carbocycles. The minimum Gasteiger partial charge on any atom is -0.465 e. The fourth-order valence-electron chi connectivity index (χ4n) is 3.55. The van der Waals surface area contributed by atoms with Gasteiger partial charge >= 0.3 is 5.97 Å². The number of nitrogens with zero attached hydrogens (tertiary/aromatic N) is 1. The number of carbonyl (C=O) groups is 2. The molecule has 6 heteroatoms. The molecule has 27 heavy (non-hydrogen) atoms. The largest absolute Gasteiger partial charge is 0.465 e. The van der Waals surface area contributed by atoms with Crippen LogP contribution in [0.3, 0.4) is 0 Å². The van der Waals surface area contributed by atoms with Gasteiger partial charge in [0.2, 0.25) is 5.91 Å². The Morgan fingerprint density at radius 3 is 2.37 bits per heavy atom. The van der Waals surface area contributed by atoms with Crippen molar-refractivity contribution in [2.45, 2.75) is 25.2 Å². The molecular weight excluding hydrogens is 369 g/mol. The Hall–Kier alpha value is -2.40. The molecule has 4 nitrogen and oxygen atoms in total. The molecule has 0 N–H and O–H groups in total. The van der Waals surface area contributed by atoms with E-state index >= 15 is 0 Å². The molecule has 1 aliphatic heterocycles. The van der Waals surface area contributed by atoms with Crippen LogP contribution in [-0.2, 0) is 19.7 Å². The van der Waals surface area contributed by atoms with Gasteiger partial charge < -0.3 is 9.64 Å². The highest BCUT2D eigenvalue weighted by Crippen LogP contribution is 2.38. The molecule has 0 aliphatic carbocycles. The molecule has 3 rings (SSSR count). The van der Waals surface area contributed by atoms with Gasteiger partial charge in [-0.2, -0.15) is 0 Å². The number of hydrogen-bond acceptors (Lipinski definition) is 3. The highest BCUT2D eigenvalue weighted by atomic mass is 35.5. The molecule has 1 heterocycles. The molecule has 142 valence electrons. The number of amides is 1. The summed E-state index contributed by atoms with van der Waals surface area (Å²) in [5.41, 5.74) is -0.947. The summed E-state index contributed by atoms with van der Waals surface area (Å²) in [6, 6.07) is 12.0. The van der Waals surface area contributed by atoms with Gasteiger partial charge in [0.15, 0.2) is 5.41 Å². The first-order valence-corrected chi connectivity index (χ1v) is 9.36. The predicted octanol–water partition coefficient (Wildman–Crippen LogP) is 3.95. The minimum atomic E-state index is -1.72. The van der Waals surface area contributed by atoms with E-state index in [1.54, 1.807) is 36.1 Å². The third-order valence-electron chi connectivity index (χ3n) is 4.83. The Morgan fingerprint density at radius 2 is 1.78 bits per heavy atom. The molecule has 0 bridgehead atoms. The molecule has 0 aromatic heterocycles. The summed E-state index contributed by atoms with van der Waals surface area (Å²) in [5, 5.41) is 0.400. The summed E-state index contributed by atoms with van der Waals surface area (Å²) >= 11 is 6.17. The van der Waals surface area contributed by atoms with Crippen molar-refractivity contribution in [3.05, 3.63) is 70.5 Å². The Balaban J connectivity index is 2.27. The molecule has 0 saturated carbocycles. The van der Waals surface area contributed by atoms with Gasteiger partial charge in [-0.15, -0.1) is 0 Å². The Kier molecular flexibility index (Phi) is 5.80. The third-order valence-corrected chi connectivity index (χ3v) is 5.07. The van der Waals surface area contributed by atoms with E-state index in [2.05, 4.69) is 0 Å². The SMILES string of the molecule is CCOC(=O)C(C(=O)N1CCCC1)(c1ccc(F)cc1)c1cccc(Cl)c1. The predicted molar refractivity (Wildman–Crippen MR) is 101 cm³/mol. The average Bonchev–Trinajstić information content (AvgIpc) is 3.19. The smallest absolute Gasteiger partial charge is 0.330 e. The van der Waals surface area contributed by atoms with Crippen LogP contribution in [0.5, 0.6) is 0 Å². The lowest BCUT2D eigenvalue weighted by molar-refractivity contribution is -0.155. The van der Waals surface area contributed by atoms with E-state index in [-0.39, 0.29) is 12.5 Å². The molecule has 1 saturated heterocycles. The number of likely N-dealkylation sites (tertiary alicyclic amines) is 1. The van der Waals surface area contributed by atoms with E-state index in [0.717, 1.165) is 12.8 Å². The Morgan fingerprint density at radius 1 is 1.11 bits per heavy atom. The van der Waals surface area contributed by atoms with E-state index in [1.807, 2.05) is 0 Å². The maximum absolute atomic E-state index is 13.7. The van der Waals surface area contributed by atoms with Gasteiger partial charge in [0.1, 0.15) is 5.82 Å². The maximum atomic E-state index is 13.7. The fourth-order valence-corrected chi connectivity index (χ4v) is 3.75. The van der Waals surface area contributed by atoms with Crippen LogP contribution in [0.4, 0.5) is 4.39 Å². The molecule has 0 radical (unpaired) electrons. The standard InChI is InChI=1S/C21H21ClFNO3/c1-2-27-20(26)21(15-8-10-18(23)11-9-15,16-6-5-7-17(22)14-16)19(25)24-12-3-4-13-24/h5-11,14H,2-4,12-13H2,1H3. The number of hydrogen-bond donors (Lipinski definition) is 0. The van der Waals surface area contributed by atoms with Crippen molar-refractivity contribution >= 4 is 23.5 Å². The Bertz CT molecular complexity index is 834. The van der Waals surface area contributed by atoms with Crippen LogP contribution in [0.1, 0.15) is 30.9 Å². The minimum absolute atomic E-state index is 0.121. The number of carbonyl (C=O) groups excluding carboxylic acids is 2. The van der Waals surface area contributed by atoms with Crippen molar-refractivity contribution in [3.63, 3.8) is 0 Å². The molecular formula is C21H21ClFNO3. The van der Waals surface area contributed by atoms with E-state index in [9.17, 15) is 14.0 Å². The van der Waals surface area contributed by atoms with Crippen molar-refractivity contribution in [3.8, 4) is 0 Å². The van der Waals surface area contributed by atoms with Crippen LogP contribution in [-0.4, -0.2) is 36.5 Å². The van der Waals surface area contributed by atoms with E-state index in [4.69, 9.17) is 16.3 Å². The first-order chi connectivity index (χ1) is 13.0. The normalized spacial score (nSPS) is 16.0. The lowest BCUT2D eigenvalue weighted by atomic mass is 9.73. The van der Waals surface area contributed by atoms with Gasteiger partial charge in [-0.1, -0.05) is 35.9 Å². The maximum Gasteiger partial charge on any atom is 0.330 e. The molecule has 1 aliphatic rings. The van der Waals surface area contributed by atoms with Crippen molar-refractivity contribution in [2.24, 2.45) is 0 Å². The molecule has 1 unspecified atom stereocenters. The number of ether oxygens (including phenoxy) is 1. The fraction of sp³-hybridized carbons (Fsp3) is 0.333. The summed E-state index contributed by atoms with van der Waals surface area (Å²) in [6.07, 6.45) is 1.76. The first kappa shape index (κ1) is 19.4. The number of rotatable bonds is 5. The molecule has 1 amide bonds. The first-order valence-electron chi connectivity index (χ1n) is 8.98. The second-order valence-corrected chi connectivity index (χ2v) is 6.92. The summed E-state index contributed by atoms with van der Waals surface area (Å²) < 4.78 is 18.9. The topological polar surface area (TPSA) is 46.6 Å². The van der Waals surface area contributed by atoms with Gasteiger partial charge in [0, 0.05) is 18.1 Å². The zero-order valence-corrected chi connectivity index (χ0v) is 15.8. The summed E-state index contributed by atoms with van der Waals surface area (Å²) in [6.45, 7) is 2.95. The number of halogens is 2. The Labute approximate surface area is 162 Å². The van der Waals surface area contributed by atoms with E-state index < -0.39 is 17.2 Å².